The van der Waals surface area contributed by atoms with Crippen LogP contribution in [0.3, 0.4) is 0 Å². The van der Waals surface area contributed by atoms with E-state index in [-0.39, 0.29) is 5.91 Å². The number of aryl methyl sites for hydroxylation is 3. The van der Waals surface area contributed by atoms with Crippen LogP contribution in [-0.2, 0) is 4.79 Å². The zero-order valence-corrected chi connectivity index (χ0v) is 18.4. The van der Waals surface area contributed by atoms with Gasteiger partial charge in [-0.25, -0.2) is 4.98 Å². The first kappa shape index (κ1) is 19.5. The number of para-hydroxylation sites is 2. The van der Waals surface area contributed by atoms with E-state index in [1.807, 2.05) is 53.9 Å². The Labute approximate surface area is 185 Å². The summed E-state index contributed by atoms with van der Waals surface area (Å²) in [4.78, 5) is 18.1. The highest BCUT2D eigenvalue weighted by Crippen LogP contribution is 2.44. The summed E-state index contributed by atoms with van der Waals surface area (Å²) in [6.45, 7) is 6.31. The fraction of sp³-hybridized carbons (Fsp3) is 0.154. The van der Waals surface area contributed by atoms with Crippen LogP contribution in [0.5, 0.6) is 11.5 Å². The molecule has 1 N–H and O–H groups in total. The zero-order chi connectivity index (χ0) is 21.5. The number of nitrogens with one attached hydrogen (secondary N) is 1. The van der Waals surface area contributed by atoms with E-state index >= 15 is 0 Å². The SMILES string of the molecule is Cc1cc(C)c(-c2csc(NC(=O)C3c4ccccc4Oc4ccccc43)n2)cc1C. The van der Waals surface area contributed by atoms with E-state index < -0.39 is 5.92 Å². The molecule has 0 bridgehead atoms. The molecule has 1 amide bonds. The van der Waals surface area contributed by atoms with Crippen molar-refractivity contribution in [3.63, 3.8) is 0 Å². The molecule has 3 aromatic carbocycles. The maximum absolute atomic E-state index is 13.4. The van der Waals surface area contributed by atoms with Crippen molar-refractivity contribution in [1.29, 1.82) is 0 Å². The lowest BCUT2D eigenvalue weighted by Crippen LogP contribution is -2.25. The first-order valence-corrected chi connectivity index (χ1v) is 11.1. The molecule has 1 aliphatic rings. The number of amides is 1. The molecule has 154 valence electrons. The largest absolute Gasteiger partial charge is 0.457 e. The molecule has 0 fully saturated rings. The molecule has 4 aromatic rings. The van der Waals surface area contributed by atoms with Gasteiger partial charge in [0, 0.05) is 22.1 Å². The summed E-state index contributed by atoms with van der Waals surface area (Å²) in [5.41, 5.74) is 7.38. The fourth-order valence-electron chi connectivity index (χ4n) is 4.06. The van der Waals surface area contributed by atoms with Gasteiger partial charge in [-0.3, -0.25) is 4.79 Å². The van der Waals surface area contributed by atoms with Gasteiger partial charge in [-0.2, -0.15) is 0 Å². The van der Waals surface area contributed by atoms with Crippen molar-refractivity contribution in [2.45, 2.75) is 26.7 Å². The standard InChI is InChI=1S/C26H22N2O2S/c1-15-12-17(3)20(13-16(15)2)21-14-31-26(27-21)28-25(29)24-18-8-4-6-10-22(18)30-23-11-7-5-9-19(23)24/h4-14,24H,1-3H3,(H,27,28,29). The van der Waals surface area contributed by atoms with Crippen molar-refractivity contribution in [3.05, 3.63) is 93.9 Å². The normalized spacial score (nSPS) is 12.6. The Bertz CT molecular complexity index is 1260. The zero-order valence-electron chi connectivity index (χ0n) is 17.6. The Morgan fingerprint density at radius 3 is 2.19 bits per heavy atom. The second-order valence-corrected chi connectivity index (χ2v) is 8.75. The summed E-state index contributed by atoms with van der Waals surface area (Å²) in [5.74, 6) is 0.872. The van der Waals surface area contributed by atoms with E-state index in [2.05, 4.69) is 38.2 Å². The van der Waals surface area contributed by atoms with E-state index in [0.717, 1.165) is 22.4 Å². The Balaban J connectivity index is 1.47. The summed E-state index contributed by atoms with van der Waals surface area (Å²) in [5, 5.41) is 5.64. The number of hydrogen-bond donors (Lipinski definition) is 1. The number of carbonyl (C=O) groups excluding carboxylic acids is 1. The van der Waals surface area contributed by atoms with Gasteiger partial charge >= 0.3 is 0 Å². The average Bonchev–Trinajstić information content (AvgIpc) is 3.22. The molecular weight excluding hydrogens is 404 g/mol. The Morgan fingerprint density at radius 1 is 0.903 bits per heavy atom. The maximum atomic E-state index is 13.4. The molecule has 0 saturated heterocycles. The lowest BCUT2D eigenvalue weighted by molar-refractivity contribution is -0.116. The van der Waals surface area contributed by atoms with Crippen LogP contribution in [0.15, 0.2) is 66.0 Å². The van der Waals surface area contributed by atoms with Gasteiger partial charge < -0.3 is 10.1 Å². The number of hydrogen-bond acceptors (Lipinski definition) is 4. The van der Waals surface area contributed by atoms with Crippen LogP contribution in [0.2, 0.25) is 0 Å². The van der Waals surface area contributed by atoms with E-state index in [0.29, 0.717) is 16.6 Å². The first-order chi connectivity index (χ1) is 15.0. The van der Waals surface area contributed by atoms with E-state index in [4.69, 9.17) is 9.72 Å². The Hall–Kier alpha value is -3.44. The molecule has 31 heavy (non-hydrogen) atoms. The van der Waals surface area contributed by atoms with Crippen molar-refractivity contribution in [2.24, 2.45) is 0 Å². The predicted molar refractivity (Wildman–Crippen MR) is 125 cm³/mol. The van der Waals surface area contributed by atoms with Crippen molar-refractivity contribution in [1.82, 2.24) is 4.98 Å². The fourth-order valence-corrected chi connectivity index (χ4v) is 4.77. The second kappa shape index (κ2) is 7.67. The minimum Gasteiger partial charge on any atom is -0.457 e. The molecule has 0 atom stereocenters. The Morgan fingerprint density at radius 2 is 1.52 bits per heavy atom. The van der Waals surface area contributed by atoms with E-state index in [1.54, 1.807) is 0 Å². The molecular formula is C26H22N2O2S. The number of benzene rings is 3. The highest BCUT2D eigenvalue weighted by molar-refractivity contribution is 7.14. The lowest BCUT2D eigenvalue weighted by atomic mass is 9.87. The van der Waals surface area contributed by atoms with Gasteiger partial charge in [0.2, 0.25) is 5.91 Å². The van der Waals surface area contributed by atoms with Gasteiger partial charge in [-0.15, -0.1) is 11.3 Å². The summed E-state index contributed by atoms with van der Waals surface area (Å²) in [6.07, 6.45) is 0. The monoisotopic (exact) mass is 426 g/mol. The van der Waals surface area contributed by atoms with E-state index in [9.17, 15) is 4.79 Å². The third-order valence-corrected chi connectivity index (χ3v) is 6.55. The van der Waals surface area contributed by atoms with Crippen molar-refractivity contribution >= 4 is 22.4 Å². The number of carbonyl (C=O) groups is 1. The summed E-state index contributed by atoms with van der Waals surface area (Å²) in [6, 6.07) is 19.7. The number of anilines is 1. The number of fused-ring (bicyclic) bond motifs is 2. The number of nitrogens with zero attached hydrogens (tertiary/aromatic N) is 1. The molecule has 0 unspecified atom stereocenters. The van der Waals surface area contributed by atoms with Gasteiger partial charge in [0.15, 0.2) is 5.13 Å². The summed E-state index contributed by atoms with van der Waals surface area (Å²) < 4.78 is 6.01. The molecule has 5 rings (SSSR count). The molecule has 1 aromatic heterocycles. The number of ether oxygens (including phenoxy) is 1. The van der Waals surface area contributed by atoms with Crippen LogP contribution in [0.1, 0.15) is 33.7 Å². The molecule has 1 aliphatic heterocycles. The predicted octanol–water partition coefficient (Wildman–Crippen LogP) is 6.61. The first-order valence-electron chi connectivity index (χ1n) is 10.2. The third-order valence-electron chi connectivity index (χ3n) is 5.79. The summed E-state index contributed by atoms with van der Waals surface area (Å²) >= 11 is 1.44. The van der Waals surface area contributed by atoms with Gasteiger partial charge in [0.05, 0.1) is 11.6 Å². The molecule has 0 aliphatic carbocycles. The van der Waals surface area contributed by atoms with E-state index in [1.165, 1.54) is 28.0 Å². The van der Waals surface area contributed by atoms with Crippen molar-refractivity contribution in [3.8, 4) is 22.8 Å². The van der Waals surface area contributed by atoms with Crippen LogP contribution >= 0.6 is 11.3 Å². The van der Waals surface area contributed by atoms with Crippen molar-refractivity contribution in [2.75, 3.05) is 5.32 Å². The minimum atomic E-state index is -0.447. The van der Waals surface area contributed by atoms with Crippen LogP contribution < -0.4 is 10.1 Å². The van der Waals surface area contributed by atoms with Crippen LogP contribution in [-0.4, -0.2) is 10.9 Å². The maximum Gasteiger partial charge on any atom is 0.238 e. The molecule has 0 radical (unpaired) electrons. The number of rotatable bonds is 3. The molecule has 4 nitrogen and oxygen atoms in total. The number of aromatic nitrogens is 1. The van der Waals surface area contributed by atoms with Crippen molar-refractivity contribution < 1.29 is 9.53 Å². The van der Waals surface area contributed by atoms with Gasteiger partial charge in [-0.1, -0.05) is 42.5 Å². The van der Waals surface area contributed by atoms with Gasteiger partial charge in [0.1, 0.15) is 11.5 Å². The van der Waals surface area contributed by atoms with Gasteiger partial charge in [0.25, 0.3) is 0 Å². The van der Waals surface area contributed by atoms with Crippen LogP contribution in [0, 0.1) is 20.8 Å². The highest BCUT2D eigenvalue weighted by Gasteiger charge is 2.32. The van der Waals surface area contributed by atoms with Gasteiger partial charge in [-0.05, 0) is 55.7 Å². The highest BCUT2D eigenvalue weighted by atomic mass is 32.1. The van der Waals surface area contributed by atoms with Crippen LogP contribution in [0.4, 0.5) is 5.13 Å². The molecule has 5 heteroatoms. The average molecular weight is 427 g/mol. The second-order valence-electron chi connectivity index (χ2n) is 7.89. The number of thiazole rings is 1. The molecule has 0 saturated carbocycles. The molecule has 2 heterocycles. The lowest BCUT2D eigenvalue weighted by Gasteiger charge is -2.27. The topological polar surface area (TPSA) is 51.2 Å². The quantitative estimate of drug-likeness (QED) is 0.401. The minimum absolute atomic E-state index is 0.110. The van der Waals surface area contributed by atoms with Crippen LogP contribution in [0.25, 0.3) is 11.3 Å². The Kier molecular flexibility index (Phi) is 4.83. The third kappa shape index (κ3) is 3.51. The molecule has 0 spiro atoms. The smallest absolute Gasteiger partial charge is 0.238 e. The summed E-state index contributed by atoms with van der Waals surface area (Å²) in [7, 11) is 0.